The van der Waals surface area contributed by atoms with Gasteiger partial charge in [0.1, 0.15) is 11.3 Å². The number of halogens is 1. The molecule has 0 N–H and O–H groups in total. The van der Waals surface area contributed by atoms with E-state index in [-0.39, 0.29) is 0 Å². The van der Waals surface area contributed by atoms with Gasteiger partial charge in [0.15, 0.2) is 0 Å². The maximum Gasteiger partial charge on any atom is 0.130 e. The van der Waals surface area contributed by atoms with E-state index in [2.05, 4.69) is 11.3 Å². The summed E-state index contributed by atoms with van der Waals surface area (Å²) in [7, 11) is 1.78. The normalized spacial score (nSPS) is 9.88. The standard InChI is InChI=1S/C5H6ClN2/c1-4-3-7-8(2)5(4)6/h1-2H3. The zero-order valence-corrected chi connectivity index (χ0v) is 5.53. The first kappa shape index (κ1) is 5.63. The first-order valence-electron chi connectivity index (χ1n) is 2.28. The maximum atomic E-state index is 5.66. The second-order valence-electron chi connectivity index (χ2n) is 1.65. The number of nitrogens with zero attached hydrogens (tertiary/aromatic N) is 2. The molecular weight excluding hydrogens is 124 g/mol. The third-order valence-electron chi connectivity index (χ3n) is 0.961. The van der Waals surface area contributed by atoms with Crippen LogP contribution in [0.4, 0.5) is 0 Å². The highest BCUT2D eigenvalue weighted by atomic mass is 35.5. The molecule has 1 aromatic rings. The number of rotatable bonds is 0. The van der Waals surface area contributed by atoms with Gasteiger partial charge < -0.3 is 0 Å². The number of aryl methyl sites for hydroxylation is 2. The van der Waals surface area contributed by atoms with Crippen molar-refractivity contribution in [3.05, 3.63) is 16.9 Å². The summed E-state index contributed by atoms with van der Waals surface area (Å²) >= 11 is 5.66. The lowest BCUT2D eigenvalue weighted by molar-refractivity contribution is 0.766. The van der Waals surface area contributed by atoms with Crippen LogP contribution in [0.3, 0.4) is 0 Å². The Bertz CT molecular complexity index is 173. The van der Waals surface area contributed by atoms with E-state index < -0.39 is 0 Å². The van der Waals surface area contributed by atoms with Gasteiger partial charge in [0.2, 0.25) is 0 Å². The van der Waals surface area contributed by atoms with Crippen LogP contribution in [0.15, 0.2) is 0 Å². The highest BCUT2D eigenvalue weighted by Gasteiger charge is 1.97. The van der Waals surface area contributed by atoms with Crippen LogP contribution in [0.2, 0.25) is 5.15 Å². The van der Waals surface area contributed by atoms with Gasteiger partial charge in [0, 0.05) is 12.6 Å². The Morgan fingerprint density at radius 2 is 2.38 bits per heavy atom. The van der Waals surface area contributed by atoms with Gasteiger partial charge in [-0.15, -0.1) is 0 Å². The van der Waals surface area contributed by atoms with Crippen LogP contribution in [0.5, 0.6) is 0 Å². The molecule has 3 heteroatoms. The molecule has 1 radical (unpaired) electrons. The maximum absolute atomic E-state index is 5.66. The highest BCUT2D eigenvalue weighted by molar-refractivity contribution is 6.30. The lowest BCUT2D eigenvalue weighted by Gasteiger charge is -1.87. The summed E-state index contributed by atoms with van der Waals surface area (Å²) in [6.45, 7) is 1.87. The molecular formula is C5H6ClN2. The summed E-state index contributed by atoms with van der Waals surface area (Å²) in [5.41, 5.74) is 0.897. The van der Waals surface area contributed by atoms with Crippen molar-refractivity contribution in [3.63, 3.8) is 0 Å². The summed E-state index contributed by atoms with van der Waals surface area (Å²) in [6, 6.07) is 0. The van der Waals surface area contributed by atoms with E-state index in [0.29, 0.717) is 5.15 Å². The monoisotopic (exact) mass is 129 g/mol. The minimum absolute atomic E-state index is 0.657. The van der Waals surface area contributed by atoms with Crippen molar-refractivity contribution in [2.45, 2.75) is 6.92 Å². The van der Waals surface area contributed by atoms with Gasteiger partial charge in [-0.1, -0.05) is 11.6 Å². The molecule has 2 nitrogen and oxygen atoms in total. The molecule has 0 bridgehead atoms. The van der Waals surface area contributed by atoms with E-state index in [9.17, 15) is 0 Å². The molecule has 0 spiro atoms. The Kier molecular flexibility index (Phi) is 1.26. The predicted octanol–water partition coefficient (Wildman–Crippen LogP) is 1.18. The van der Waals surface area contributed by atoms with Crippen molar-refractivity contribution in [3.8, 4) is 0 Å². The molecule has 1 rings (SSSR count). The van der Waals surface area contributed by atoms with Crippen LogP contribution in [-0.2, 0) is 7.05 Å². The van der Waals surface area contributed by atoms with Gasteiger partial charge in [0.25, 0.3) is 0 Å². The van der Waals surface area contributed by atoms with Crippen LogP contribution < -0.4 is 0 Å². The quantitative estimate of drug-likeness (QED) is 0.515. The van der Waals surface area contributed by atoms with Crippen molar-refractivity contribution in [2.24, 2.45) is 7.05 Å². The molecule has 43 valence electrons. The Labute approximate surface area is 53.1 Å². The average Bonchev–Trinajstić information content (AvgIpc) is 1.98. The van der Waals surface area contributed by atoms with Gasteiger partial charge in [0.05, 0.1) is 0 Å². The van der Waals surface area contributed by atoms with Crippen LogP contribution in [0.1, 0.15) is 5.56 Å². The van der Waals surface area contributed by atoms with E-state index in [4.69, 9.17) is 11.6 Å². The van der Waals surface area contributed by atoms with Crippen molar-refractivity contribution in [1.29, 1.82) is 0 Å². The summed E-state index contributed by atoms with van der Waals surface area (Å²) in [6.07, 6.45) is 2.72. The van der Waals surface area contributed by atoms with Gasteiger partial charge in [-0.3, -0.25) is 4.68 Å². The number of aromatic nitrogens is 2. The fourth-order valence-corrected chi connectivity index (χ4v) is 0.563. The molecule has 8 heavy (non-hydrogen) atoms. The van der Waals surface area contributed by atoms with E-state index >= 15 is 0 Å². The molecule has 0 aliphatic heterocycles. The largest absolute Gasteiger partial charge is 0.256 e. The van der Waals surface area contributed by atoms with Crippen LogP contribution in [0.25, 0.3) is 0 Å². The van der Waals surface area contributed by atoms with Crippen LogP contribution in [-0.4, -0.2) is 9.78 Å². The fourth-order valence-electron chi connectivity index (χ4n) is 0.483. The predicted molar refractivity (Wildman–Crippen MR) is 31.8 cm³/mol. The van der Waals surface area contributed by atoms with Crippen LogP contribution >= 0.6 is 11.6 Å². The third kappa shape index (κ3) is 0.713. The minimum atomic E-state index is 0.657. The molecule has 0 unspecified atom stereocenters. The number of hydrogen-bond donors (Lipinski definition) is 0. The third-order valence-corrected chi connectivity index (χ3v) is 1.49. The average molecular weight is 130 g/mol. The summed E-state index contributed by atoms with van der Waals surface area (Å²) in [5, 5.41) is 4.43. The Morgan fingerprint density at radius 1 is 1.75 bits per heavy atom. The topological polar surface area (TPSA) is 17.8 Å². The lowest BCUT2D eigenvalue weighted by atomic mass is 10.4. The molecule has 0 saturated carbocycles. The molecule has 0 fully saturated rings. The second kappa shape index (κ2) is 1.78. The van der Waals surface area contributed by atoms with E-state index in [1.165, 1.54) is 0 Å². The van der Waals surface area contributed by atoms with Gasteiger partial charge in [-0.25, -0.2) is 0 Å². The summed E-state index contributed by atoms with van der Waals surface area (Å²) in [4.78, 5) is 0. The molecule has 1 aromatic heterocycles. The van der Waals surface area contributed by atoms with Gasteiger partial charge >= 0.3 is 0 Å². The lowest BCUT2D eigenvalue weighted by Crippen LogP contribution is -1.87. The first-order chi connectivity index (χ1) is 3.72. The Hall–Kier alpha value is -0.500. The smallest absolute Gasteiger partial charge is 0.130 e. The Morgan fingerprint density at radius 3 is 2.50 bits per heavy atom. The van der Waals surface area contributed by atoms with E-state index in [0.717, 1.165) is 5.56 Å². The minimum Gasteiger partial charge on any atom is -0.256 e. The zero-order valence-electron chi connectivity index (χ0n) is 4.77. The first-order valence-corrected chi connectivity index (χ1v) is 2.66. The molecule has 0 aromatic carbocycles. The summed E-state index contributed by atoms with van der Waals surface area (Å²) in [5.74, 6) is 0. The summed E-state index contributed by atoms with van der Waals surface area (Å²) < 4.78 is 1.58. The van der Waals surface area contributed by atoms with Gasteiger partial charge in [-0.2, -0.15) is 5.10 Å². The molecule has 0 amide bonds. The molecule has 0 aliphatic rings. The van der Waals surface area contributed by atoms with E-state index in [1.54, 1.807) is 11.7 Å². The molecule has 1 heterocycles. The highest BCUT2D eigenvalue weighted by Crippen LogP contribution is 2.10. The van der Waals surface area contributed by atoms with Crippen molar-refractivity contribution >= 4 is 11.6 Å². The van der Waals surface area contributed by atoms with Crippen molar-refractivity contribution in [1.82, 2.24) is 9.78 Å². The number of hydrogen-bond acceptors (Lipinski definition) is 1. The molecule has 0 atom stereocenters. The second-order valence-corrected chi connectivity index (χ2v) is 2.01. The zero-order chi connectivity index (χ0) is 6.15. The SMILES string of the molecule is Cc1[c]nn(C)c1Cl. The fraction of sp³-hybridized carbons (Fsp3) is 0.400. The molecule has 0 saturated heterocycles. The van der Waals surface area contributed by atoms with E-state index in [1.807, 2.05) is 6.92 Å². The van der Waals surface area contributed by atoms with Crippen LogP contribution in [0, 0.1) is 13.1 Å². The molecule has 0 aliphatic carbocycles. The van der Waals surface area contributed by atoms with Gasteiger partial charge in [-0.05, 0) is 6.92 Å². The Balaban J connectivity index is 3.19. The van der Waals surface area contributed by atoms with Crippen molar-refractivity contribution in [2.75, 3.05) is 0 Å². The van der Waals surface area contributed by atoms with Crippen molar-refractivity contribution < 1.29 is 0 Å².